The second-order valence-corrected chi connectivity index (χ2v) is 15.1. The number of ether oxygens (including phenoxy) is 4. The summed E-state index contributed by atoms with van der Waals surface area (Å²) in [5, 5.41) is 11.8. The maximum absolute atomic E-state index is 11.8. The minimum Gasteiger partial charge on any atom is -0.408 e. The summed E-state index contributed by atoms with van der Waals surface area (Å²) in [6.45, 7) is 21.1. The van der Waals surface area contributed by atoms with Crippen molar-refractivity contribution in [1.82, 2.24) is 0 Å². The van der Waals surface area contributed by atoms with E-state index in [-0.39, 0.29) is 11.1 Å². The van der Waals surface area contributed by atoms with Crippen LogP contribution < -0.4 is 0 Å². The zero-order valence-electron chi connectivity index (χ0n) is 18.8. The Morgan fingerprint density at radius 2 is 1.56 bits per heavy atom. The van der Waals surface area contributed by atoms with Crippen LogP contribution in [0.1, 0.15) is 61.8 Å². The summed E-state index contributed by atoms with van der Waals surface area (Å²) in [4.78, 5) is 0. The molecule has 2 aliphatic heterocycles. The highest BCUT2D eigenvalue weighted by atomic mass is 28.4. The molecule has 0 aromatic rings. The molecular formula is C20H40O6Si. The third-order valence-electron chi connectivity index (χ3n) is 6.22. The van der Waals surface area contributed by atoms with Crippen molar-refractivity contribution < 1.29 is 28.5 Å². The standard InChI is InChI=1S/C20H40O6Si/c1-11-20(21,15-13-23-19(7,8)25-15)16(14-12-22-18(5,6)24-14)26-27(9,10)17(2,3)4/h14-16,21H,11-13H2,1-10H3/t14-,15-,16-,20-/m1/s1. The largest absolute Gasteiger partial charge is 0.408 e. The van der Waals surface area contributed by atoms with Gasteiger partial charge in [0.2, 0.25) is 0 Å². The molecule has 0 amide bonds. The van der Waals surface area contributed by atoms with Crippen LogP contribution in [0.2, 0.25) is 18.1 Å². The van der Waals surface area contributed by atoms with Gasteiger partial charge in [0.1, 0.15) is 23.9 Å². The van der Waals surface area contributed by atoms with Gasteiger partial charge >= 0.3 is 0 Å². The molecule has 2 fully saturated rings. The molecule has 2 saturated heterocycles. The summed E-state index contributed by atoms with van der Waals surface area (Å²) in [5.74, 6) is -1.41. The van der Waals surface area contributed by atoms with E-state index in [1.54, 1.807) is 0 Å². The number of hydrogen-bond acceptors (Lipinski definition) is 6. The van der Waals surface area contributed by atoms with Gasteiger partial charge in [-0.05, 0) is 52.2 Å². The molecule has 0 saturated carbocycles. The molecule has 160 valence electrons. The van der Waals surface area contributed by atoms with E-state index in [1.807, 2.05) is 34.6 Å². The quantitative estimate of drug-likeness (QED) is 0.679. The van der Waals surface area contributed by atoms with Gasteiger partial charge in [0, 0.05) is 0 Å². The van der Waals surface area contributed by atoms with Gasteiger partial charge in [-0.25, -0.2) is 0 Å². The van der Waals surface area contributed by atoms with Crippen molar-refractivity contribution >= 4 is 8.32 Å². The van der Waals surface area contributed by atoms with Crippen molar-refractivity contribution in [2.45, 2.75) is 115 Å². The van der Waals surface area contributed by atoms with Gasteiger partial charge in [-0.1, -0.05) is 27.7 Å². The third kappa shape index (κ3) is 4.94. The van der Waals surface area contributed by atoms with E-state index >= 15 is 0 Å². The van der Waals surface area contributed by atoms with E-state index in [9.17, 15) is 5.11 Å². The fraction of sp³-hybridized carbons (Fsp3) is 1.00. The molecule has 2 heterocycles. The molecule has 6 nitrogen and oxygen atoms in total. The topological polar surface area (TPSA) is 66.4 Å². The van der Waals surface area contributed by atoms with Crippen LogP contribution in [-0.2, 0) is 23.4 Å². The Hall–Kier alpha value is -0.0231. The van der Waals surface area contributed by atoms with Crippen LogP contribution in [0.25, 0.3) is 0 Å². The lowest BCUT2D eigenvalue weighted by Gasteiger charge is -2.47. The minimum atomic E-state index is -2.19. The van der Waals surface area contributed by atoms with Crippen molar-refractivity contribution in [3.05, 3.63) is 0 Å². The summed E-state index contributed by atoms with van der Waals surface area (Å²) < 4.78 is 30.5. The minimum absolute atomic E-state index is 0.00118. The van der Waals surface area contributed by atoms with Crippen molar-refractivity contribution in [3.63, 3.8) is 0 Å². The number of hydrogen-bond donors (Lipinski definition) is 1. The lowest BCUT2D eigenvalue weighted by molar-refractivity contribution is -0.216. The zero-order valence-corrected chi connectivity index (χ0v) is 19.8. The Kier molecular flexibility index (Phi) is 6.33. The average molecular weight is 405 g/mol. The molecule has 0 spiro atoms. The summed E-state index contributed by atoms with van der Waals surface area (Å²) in [7, 11) is -2.19. The van der Waals surface area contributed by atoms with Crippen LogP contribution in [0.3, 0.4) is 0 Å². The van der Waals surface area contributed by atoms with E-state index in [4.69, 9.17) is 23.4 Å². The van der Waals surface area contributed by atoms with Crippen LogP contribution >= 0.6 is 0 Å². The van der Waals surface area contributed by atoms with Crippen molar-refractivity contribution in [2.24, 2.45) is 0 Å². The Balaban J connectivity index is 2.38. The van der Waals surface area contributed by atoms with Crippen LogP contribution in [0.4, 0.5) is 0 Å². The number of rotatable bonds is 6. The van der Waals surface area contributed by atoms with Gasteiger partial charge in [-0.15, -0.1) is 0 Å². The molecule has 0 aromatic heterocycles. The first-order chi connectivity index (χ1) is 12.0. The number of aliphatic hydroxyl groups is 1. The second-order valence-electron chi connectivity index (χ2n) is 10.3. The highest BCUT2D eigenvalue weighted by Gasteiger charge is 2.57. The molecule has 2 aliphatic rings. The van der Waals surface area contributed by atoms with Gasteiger partial charge in [0.15, 0.2) is 19.9 Å². The Bertz CT molecular complexity index is 527. The molecule has 0 bridgehead atoms. The lowest BCUT2D eigenvalue weighted by atomic mass is 9.85. The summed E-state index contributed by atoms with van der Waals surface area (Å²) in [6, 6.07) is 0. The lowest BCUT2D eigenvalue weighted by Crippen LogP contribution is -2.63. The summed E-state index contributed by atoms with van der Waals surface area (Å²) in [6.07, 6.45) is -0.949. The first-order valence-electron chi connectivity index (χ1n) is 10.1. The van der Waals surface area contributed by atoms with Gasteiger partial charge in [-0.2, -0.15) is 0 Å². The molecule has 0 aliphatic carbocycles. The predicted molar refractivity (Wildman–Crippen MR) is 107 cm³/mol. The van der Waals surface area contributed by atoms with E-state index in [1.165, 1.54) is 0 Å². The SMILES string of the molecule is CC[C@](O)([C@H](O[Si](C)(C)C(C)(C)C)[C@H]1COC(C)(C)O1)[C@H]1COC(C)(C)O1. The van der Waals surface area contributed by atoms with Crippen molar-refractivity contribution in [1.29, 1.82) is 0 Å². The van der Waals surface area contributed by atoms with Gasteiger partial charge in [0.05, 0.1) is 13.2 Å². The molecule has 0 radical (unpaired) electrons. The van der Waals surface area contributed by atoms with Crippen LogP contribution in [-0.4, -0.2) is 62.1 Å². The second kappa shape index (κ2) is 7.34. The summed E-state index contributed by atoms with van der Waals surface area (Å²) >= 11 is 0. The molecule has 7 heteroatoms. The smallest absolute Gasteiger partial charge is 0.192 e. The van der Waals surface area contributed by atoms with Gasteiger partial charge in [-0.3, -0.25) is 0 Å². The van der Waals surface area contributed by atoms with Crippen LogP contribution in [0.15, 0.2) is 0 Å². The monoisotopic (exact) mass is 404 g/mol. The van der Waals surface area contributed by atoms with E-state index in [0.29, 0.717) is 19.6 Å². The Morgan fingerprint density at radius 3 is 1.93 bits per heavy atom. The molecule has 27 heavy (non-hydrogen) atoms. The molecule has 4 atom stereocenters. The maximum atomic E-state index is 11.8. The highest BCUT2D eigenvalue weighted by molar-refractivity contribution is 6.74. The molecule has 0 aromatic carbocycles. The molecule has 0 unspecified atom stereocenters. The first kappa shape index (κ1) is 23.3. The van der Waals surface area contributed by atoms with Crippen LogP contribution in [0.5, 0.6) is 0 Å². The maximum Gasteiger partial charge on any atom is 0.192 e. The first-order valence-corrected chi connectivity index (χ1v) is 13.0. The van der Waals surface area contributed by atoms with Gasteiger partial charge < -0.3 is 28.5 Å². The zero-order chi connectivity index (χ0) is 20.9. The molecule has 2 rings (SSSR count). The Morgan fingerprint density at radius 1 is 1.04 bits per heavy atom. The van der Waals surface area contributed by atoms with Gasteiger partial charge in [0.25, 0.3) is 0 Å². The molecule has 1 N–H and O–H groups in total. The third-order valence-corrected chi connectivity index (χ3v) is 10.7. The normalized spacial score (nSPS) is 31.7. The van der Waals surface area contributed by atoms with Crippen molar-refractivity contribution in [3.8, 4) is 0 Å². The summed E-state index contributed by atoms with van der Waals surface area (Å²) in [5.41, 5.74) is -1.24. The fourth-order valence-corrected chi connectivity index (χ4v) is 4.75. The van der Waals surface area contributed by atoms with E-state index in [0.717, 1.165) is 0 Å². The average Bonchev–Trinajstić information content (AvgIpc) is 3.05. The van der Waals surface area contributed by atoms with E-state index < -0.39 is 37.7 Å². The van der Waals surface area contributed by atoms with Crippen LogP contribution in [0, 0.1) is 0 Å². The van der Waals surface area contributed by atoms with E-state index in [2.05, 4.69) is 33.9 Å². The fourth-order valence-electron chi connectivity index (χ4n) is 3.40. The predicted octanol–water partition coefficient (Wildman–Crippen LogP) is 3.82. The van der Waals surface area contributed by atoms with Crippen molar-refractivity contribution in [2.75, 3.05) is 13.2 Å². The molecular weight excluding hydrogens is 364 g/mol. The highest BCUT2D eigenvalue weighted by Crippen LogP contribution is 2.43. The Labute approximate surface area is 166 Å².